The van der Waals surface area contributed by atoms with E-state index >= 15 is 0 Å². The van der Waals surface area contributed by atoms with E-state index in [4.69, 9.17) is 14.4 Å². The van der Waals surface area contributed by atoms with Gasteiger partial charge in [0.2, 0.25) is 11.7 Å². The Labute approximate surface area is 387 Å². The van der Waals surface area contributed by atoms with Crippen LogP contribution in [0.25, 0.3) is 121 Å². The smallest absolute Gasteiger partial charge is 0.238 e. The third-order valence-electron chi connectivity index (χ3n) is 15.2. The Morgan fingerprint density at radius 1 is 0.433 bits per heavy atom. The summed E-state index contributed by atoms with van der Waals surface area (Å²) in [5.41, 5.74) is 14.0. The minimum Gasteiger partial charge on any atom is -0.437 e. The van der Waals surface area contributed by atoms with Gasteiger partial charge in [0.05, 0.1) is 33.1 Å². The predicted molar refractivity (Wildman–Crippen MR) is 279 cm³/mol. The molecule has 0 radical (unpaired) electrons. The summed E-state index contributed by atoms with van der Waals surface area (Å²) in [6, 6.07) is 66.0. The van der Waals surface area contributed by atoms with Gasteiger partial charge in [-0.15, -0.1) is 0 Å². The molecule has 0 atom stereocenters. The number of aromatic nitrogens is 4. The lowest BCUT2D eigenvalue weighted by molar-refractivity contribution is 0.332. The summed E-state index contributed by atoms with van der Waals surface area (Å²) in [6.45, 7) is 9.68. The van der Waals surface area contributed by atoms with Gasteiger partial charge in [-0.1, -0.05) is 161 Å². The topological polar surface area (TPSA) is 48.8 Å². The summed E-state index contributed by atoms with van der Waals surface area (Å²) in [5.74, 6) is 0.585. The van der Waals surface area contributed by atoms with Crippen molar-refractivity contribution in [2.24, 2.45) is 0 Å². The maximum absolute atomic E-state index is 6.79. The Kier molecular flexibility index (Phi) is 7.86. The highest BCUT2D eigenvalue weighted by molar-refractivity contribution is 6.33. The van der Waals surface area contributed by atoms with Crippen molar-refractivity contribution >= 4 is 87.2 Å². The van der Waals surface area contributed by atoms with Crippen LogP contribution in [0.3, 0.4) is 0 Å². The van der Waals surface area contributed by atoms with Gasteiger partial charge in [-0.2, -0.15) is 4.98 Å². The van der Waals surface area contributed by atoms with E-state index in [1.54, 1.807) is 0 Å². The number of nitrogens with zero attached hydrogens (tertiary/aromatic N) is 4. The zero-order chi connectivity index (χ0) is 44.8. The van der Waals surface area contributed by atoms with Crippen molar-refractivity contribution in [1.82, 2.24) is 19.1 Å². The van der Waals surface area contributed by atoms with Gasteiger partial charge in [0, 0.05) is 38.2 Å². The van der Waals surface area contributed by atoms with Crippen LogP contribution in [-0.4, -0.2) is 19.1 Å². The fraction of sp³-hybridized carbons (Fsp3) is 0.129. The number of para-hydroxylation sites is 2. The summed E-state index contributed by atoms with van der Waals surface area (Å²) in [5, 5.41) is 11.6. The molecule has 67 heavy (non-hydrogen) atoms. The highest BCUT2D eigenvalue weighted by Crippen LogP contribution is 2.51. The van der Waals surface area contributed by atoms with E-state index in [1.807, 2.05) is 12.1 Å². The fourth-order valence-electron chi connectivity index (χ4n) is 11.8. The fourth-order valence-corrected chi connectivity index (χ4v) is 11.8. The first kappa shape index (κ1) is 38.3. The second kappa shape index (κ2) is 13.8. The quantitative estimate of drug-likeness (QED) is 0.177. The molecule has 0 aliphatic heterocycles. The molecule has 1 aliphatic carbocycles. The van der Waals surface area contributed by atoms with E-state index in [-0.39, 0.29) is 10.8 Å². The molecule has 4 aromatic heterocycles. The van der Waals surface area contributed by atoms with Crippen LogP contribution in [0.15, 0.2) is 186 Å². The number of benzene rings is 9. The van der Waals surface area contributed by atoms with Gasteiger partial charge in [-0.3, -0.25) is 4.57 Å². The average Bonchev–Trinajstić information content (AvgIpc) is 4.02. The molecule has 0 N–H and O–H groups in total. The van der Waals surface area contributed by atoms with Crippen molar-refractivity contribution in [2.45, 2.75) is 51.4 Å². The molecule has 0 spiro atoms. The Hall–Kier alpha value is -8.02. The Balaban J connectivity index is 1.17. The number of hydrogen-bond acceptors (Lipinski definition) is 3. The highest BCUT2D eigenvalue weighted by atomic mass is 16.3. The second-order valence-electron chi connectivity index (χ2n) is 19.9. The third kappa shape index (κ3) is 5.43. The van der Waals surface area contributed by atoms with Crippen molar-refractivity contribution < 1.29 is 4.42 Å². The van der Waals surface area contributed by atoms with Crippen molar-refractivity contribution in [3.05, 3.63) is 193 Å². The Morgan fingerprint density at radius 2 is 1.00 bits per heavy atom. The van der Waals surface area contributed by atoms with E-state index in [0.29, 0.717) is 11.7 Å². The summed E-state index contributed by atoms with van der Waals surface area (Å²) in [7, 11) is 0. The first-order chi connectivity index (χ1) is 32.7. The summed E-state index contributed by atoms with van der Waals surface area (Å²) >= 11 is 0. The third-order valence-corrected chi connectivity index (χ3v) is 15.2. The summed E-state index contributed by atoms with van der Waals surface area (Å²) < 4.78 is 11.6. The molecule has 14 rings (SSSR count). The molecule has 320 valence electrons. The number of rotatable bonds is 4. The van der Waals surface area contributed by atoms with Gasteiger partial charge in [0.15, 0.2) is 0 Å². The molecule has 0 saturated heterocycles. The van der Waals surface area contributed by atoms with Gasteiger partial charge in [-0.05, 0) is 116 Å². The van der Waals surface area contributed by atoms with Crippen molar-refractivity contribution in [3.8, 4) is 34.0 Å². The number of fused-ring (bicyclic) bond motifs is 14. The second-order valence-corrected chi connectivity index (χ2v) is 19.9. The molecule has 0 amide bonds. The molecular formula is C62H46N4O. The molecule has 5 heteroatoms. The van der Waals surface area contributed by atoms with Gasteiger partial charge in [0.25, 0.3) is 0 Å². The molecule has 0 saturated carbocycles. The van der Waals surface area contributed by atoms with Crippen LogP contribution in [0.4, 0.5) is 0 Å². The maximum atomic E-state index is 6.79. The lowest BCUT2D eigenvalue weighted by Crippen LogP contribution is -2.33. The largest absolute Gasteiger partial charge is 0.437 e. The Morgan fingerprint density at radius 3 is 1.76 bits per heavy atom. The molecule has 5 nitrogen and oxygen atoms in total. The van der Waals surface area contributed by atoms with Crippen LogP contribution in [0.1, 0.15) is 51.7 Å². The molecule has 0 fully saturated rings. The standard InChI is InChI=1S/C62H46N4O/c1-61(2)33-34-62(3,4)48-36-52-46(35-47(48)61)55-50(31-32-51-57(55)54-41-22-12-11-19-38(41)27-30-49(54)65(51)39-20-9-6-10-21-39)66(52)60-63-58(56-45-25-15-16-26-53(45)67-59(56)64-60)44-29-28-40(37-17-7-5-8-18-37)42-23-13-14-24-43(42)44/h5-32,35-36H,33-34H2,1-4H3. The van der Waals surface area contributed by atoms with Crippen molar-refractivity contribution in [2.75, 3.05) is 0 Å². The molecule has 1 aliphatic rings. The van der Waals surface area contributed by atoms with E-state index in [1.165, 1.54) is 71.0 Å². The van der Waals surface area contributed by atoms with Crippen LogP contribution in [0, 0.1) is 0 Å². The van der Waals surface area contributed by atoms with Gasteiger partial charge < -0.3 is 8.98 Å². The maximum Gasteiger partial charge on any atom is 0.238 e. The zero-order valence-electron chi connectivity index (χ0n) is 37.9. The summed E-state index contributed by atoms with van der Waals surface area (Å²) in [4.78, 5) is 11.3. The lowest BCUT2D eigenvalue weighted by Gasteiger charge is -2.42. The highest BCUT2D eigenvalue weighted by Gasteiger charge is 2.38. The molecular weight excluding hydrogens is 817 g/mol. The first-order valence-corrected chi connectivity index (χ1v) is 23.5. The number of hydrogen-bond donors (Lipinski definition) is 0. The lowest BCUT2D eigenvalue weighted by atomic mass is 9.63. The van der Waals surface area contributed by atoms with Crippen LogP contribution in [0.2, 0.25) is 0 Å². The van der Waals surface area contributed by atoms with Crippen molar-refractivity contribution in [1.29, 1.82) is 0 Å². The van der Waals surface area contributed by atoms with Crippen molar-refractivity contribution in [3.63, 3.8) is 0 Å². The summed E-state index contributed by atoms with van der Waals surface area (Å²) in [6.07, 6.45) is 2.23. The van der Waals surface area contributed by atoms with Crippen LogP contribution >= 0.6 is 0 Å². The van der Waals surface area contributed by atoms with E-state index < -0.39 is 0 Å². The van der Waals surface area contributed by atoms with E-state index in [0.717, 1.165) is 62.6 Å². The number of furan rings is 1. The van der Waals surface area contributed by atoms with E-state index in [2.05, 4.69) is 207 Å². The van der Waals surface area contributed by atoms with Gasteiger partial charge in [-0.25, -0.2) is 4.98 Å². The van der Waals surface area contributed by atoms with E-state index in [9.17, 15) is 0 Å². The van der Waals surface area contributed by atoms with Gasteiger partial charge >= 0.3 is 0 Å². The molecule has 0 bridgehead atoms. The zero-order valence-corrected chi connectivity index (χ0v) is 37.9. The Bertz CT molecular complexity index is 4210. The SMILES string of the molecule is CC1(C)CCC(C)(C)c2cc3c(cc21)c1c2c4c5ccccc5ccc4n(-c4ccccc4)c2ccc1n3-c1nc(-c2ccc(-c3ccccc3)c3ccccc23)c2c(n1)oc1ccccc12. The molecule has 4 heterocycles. The van der Waals surface area contributed by atoms with Crippen LogP contribution in [-0.2, 0) is 10.8 Å². The monoisotopic (exact) mass is 862 g/mol. The average molecular weight is 863 g/mol. The normalized spacial score (nSPS) is 14.7. The van der Waals surface area contributed by atoms with Gasteiger partial charge in [0.1, 0.15) is 5.58 Å². The predicted octanol–water partition coefficient (Wildman–Crippen LogP) is 16.6. The minimum atomic E-state index is -0.0245. The molecule has 9 aromatic carbocycles. The molecule has 13 aromatic rings. The van der Waals surface area contributed by atoms with Crippen LogP contribution < -0.4 is 0 Å². The molecule has 0 unspecified atom stereocenters. The minimum absolute atomic E-state index is 0.00405. The van der Waals surface area contributed by atoms with Crippen LogP contribution in [0.5, 0.6) is 0 Å². The first-order valence-electron chi connectivity index (χ1n) is 23.5.